The number of ether oxygens (including phenoxy) is 2. The van der Waals surface area contributed by atoms with Gasteiger partial charge in [0.05, 0.1) is 25.7 Å². The van der Waals surface area contributed by atoms with Gasteiger partial charge >= 0.3 is 11.9 Å². The minimum atomic E-state index is -3.47. The summed E-state index contributed by atoms with van der Waals surface area (Å²) >= 11 is 0. The summed E-state index contributed by atoms with van der Waals surface area (Å²) in [5, 5.41) is 0. The van der Waals surface area contributed by atoms with Crippen LogP contribution in [0.15, 0.2) is 12.2 Å². The summed E-state index contributed by atoms with van der Waals surface area (Å²) in [4.78, 5) is 24.2. The number of allylic oxidation sites excluding steroid dienone is 1. The molecule has 5 nitrogen and oxygen atoms in total. The van der Waals surface area contributed by atoms with Gasteiger partial charge in [-0.05, 0) is 32.1 Å². The molecular formula is C18H29F2NO4. The van der Waals surface area contributed by atoms with E-state index in [4.69, 9.17) is 9.47 Å². The van der Waals surface area contributed by atoms with Gasteiger partial charge in [-0.2, -0.15) is 8.78 Å². The topological polar surface area (TPSA) is 55.8 Å². The van der Waals surface area contributed by atoms with Crippen molar-refractivity contribution in [2.45, 2.75) is 46.0 Å². The third-order valence-electron chi connectivity index (χ3n) is 4.48. The molecule has 1 aliphatic heterocycles. The number of alkyl halides is 2. The van der Waals surface area contributed by atoms with E-state index < -0.39 is 17.7 Å². The lowest BCUT2D eigenvalue weighted by atomic mass is 9.85. The number of nitrogens with zero attached hydrogens (tertiary/aromatic N) is 1. The first kappa shape index (κ1) is 21.5. The van der Waals surface area contributed by atoms with E-state index in [1.807, 2.05) is 6.92 Å². The summed E-state index contributed by atoms with van der Waals surface area (Å²) < 4.78 is 39.5. The fourth-order valence-electron chi connectivity index (χ4n) is 2.86. The van der Waals surface area contributed by atoms with Crippen molar-refractivity contribution in [1.29, 1.82) is 0 Å². The second-order valence-corrected chi connectivity index (χ2v) is 6.74. The summed E-state index contributed by atoms with van der Waals surface area (Å²) in [5.74, 6) is -6.06. The Labute approximate surface area is 148 Å². The minimum absolute atomic E-state index is 0.107. The van der Waals surface area contributed by atoms with E-state index in [0.717, 1.165) is 0 Å². The van der Waals surface area contributed by atoms with Gasteiger partial charge in [-0.3, -0.25) is 9.59 Å². The maximum absolute atomic E-state index is 14.8. The van der Waals surface area contributed by atoms with Crippen molar-refractivity contribution in [3.8, 4) is 0 Å². The molecule has 1 heterocycles. The quantitative estimate of drug-likeness (QED) is 0.468. The summed E-state index contributed by atoms with van der Waals surface area (Å²) in [6.45, 7) is 9.68. The van der Waals surface area contributed by atoms with Gasteiger partial charge in [-0.25, -0.2) is 0 Å². The van der Waals surface area contributed by atoms with E-state index in [-0.39, 0.29) is 51.2 Å². The van der Waals surface area contributed by atoms with Crippen LogP contribution in [0.4, 0.5) is 8.78 Å². The Kier molecular flexibility index (Phi) is 8.48. The Morgan fingerprint density at radius 1 is 1.20 bits per heavy atom. The highest BCUT2D eigenvalue weighted by Crippen LogP contribution is 2.36. The van der Waals surface area contributed by atoms with Gasteiger partial charge in [0.15, 0.2) is 0 Å². The fourth-order valence-corrected chi connectivity index (χ4v) is 2.86. The molecule has 1 amide bonds. The van der Waals surface area contributed by atoms with Crippen LogP contribution >= 0.6 is 0 Å². The van der Waals surface area contributed by atoms with Crippen molar-refractivity contribution in [3.63, 3.8) is 0 Å². The standard InChI is InChI=1S/C18H29F2NO4/c1-13(2)16(6-5-14(3)7-10-25-15(4)22)18(19,20)17(23)21-8-11-24-12-9-21/h14,16H,1,5-12H2,2-4H3. The van der Waals surface area contributed by atoms with Crippen molar-refractivity contribution in [1.82, 2.24) is 4.90 Å². The summed E-state index contributed by atoms with van der Waals surface area (Å²) in [7, 11) is 0. The van der Waals surface area contributed by atoms with Gasteiger partial charge in [0, 0.05) is 20.0 Å². The number of amides is 1. The van der Waals surface area contributed by atoms with Crippen LogP contribution in [0, 0.1) is 11.8 Å². The van der Waals surface area contributed by atoms with Gasteiger partial charge in [0.25, 0.3) is 5.91 Å². The van der Waals surface area contributed by atoms with Crippen LogP contribution in [0.2, 0.25) is 0 Å². The second kappa shape index (κ2) is 9.85. The summed E-state index contributed by atoms with van der Waals surface area (Å²) in [6.07, 6.45) is 1.27. The van der Waals surface area contributed by atoms with E-state index in [1.165, 1.54) is 18.7 Å². The lowest BCUT2D eigenvalue weighted by Gasteiger charge is -2.34. The molecule has 25 heavy (non-hydrogen) atoms. The summed E-state index contributed by atoms with van der Waals surface area (Å²) in [6, 6.07) is 0. The third kappa shape index (κ3) is 6.72. The first-order chi connectivity index (χ1) is 11.7. The number of hydrogen-bond acceptors (Lipinski definition) is 4. The normalized spacial score (nSPS) is 17.7. The summed E-state index contributed by atoms with van der Waals surface area (Å²) in [5.41, 5.74) is 0.304. The Morgan fingerprint density at radius 3 is 2.32 bits per heavy atom. The molecule has 0 aromatic rings. The van der Waals surface area contributed by atoms with Crippen LogP contribution in [0.3, 0.4) is 0 Å². The predicted octanol–water partition coefficient (Wildman–Crippen LogP) is 3.04. The molecule has 2 atom stereocenters. The molecule has 0 aliphatic carbocycles. The largest absolute Gasteiger partial charge is 0.466 e. The maximum Gasteiger partial charge on any atom is 0.331 e. The number of carbonyl (C=O) groups excluding carboxylic acids is 2. The Hall–Kier alpha value is -1.50. The van der Waals surface area contributed by atoms with Crippen LogP contribution in [0.5, 0.6) is 0 Å². The number of halogens is 2. The van der Waals surface area contributed by atoms with E-state index in [0.29, 0.717) is 18.4 Å². The minimum Gasteiger partial charge on any atom is -0.466 e. The monoisotopic (exact) mass is 361 g/mol. The van der Waals surface area contributed by atoms with Crippen LogP contribution in [0.1, 0.15) is 40.0 Å². The SMILES string of the molecule is C=C(C)C(CCC(C)CCOC(C)=O)C(F)(F)C(=O)N1CCOCC1. The smallest absolute Gasteiger partial charge is 0.331 e. The van der Waals surface area contributed by atoms with Crippen LogP contribution in [0.25, 0.3) is 0 Å². The number of hydrogen-bond donors (Lipinski definition) is 0. The van der Waals surface area contributed by atoms with Crippen molar-refractivity contribution < 1.29 is 27.8 Å². The average molecular weight is 361 g/mol. The highest BCUT2D eigenvalue weighted by Gasteiger charge is 2.49. The molecule has 0 radical (unpaired) electrons. The van der Waals surface area contributed by atoms with Crippen LogP contribution in [-0.4, -0.2) is 55.6 Å². The highest BCUT2D eigenvalue weighted by molar-refractivity contribution is 5.84. The van der Waals surface area contributed by atoms with E-state index >= 15 is 0 Å². The molecule has 0 aromatic carbocycles. The Morgan fingerprint density at radius 2 is 1.80 bits per heavy atom. The number of esters is 1. The predicted molar refractivity (Wildman–Crippen MR) is 90.3 cm³/mol. The highest BCUT2D eigenvalue weighted by atomic mass is 19.3. The van der Waals surface area contributed by atoms with Gasteiger partial charge in [0.2, 0.25) is 0 Å². The molecule has 1 saturated heterocycles. The molecule has 0 spiro atoms. The molecule has 0 saturated carbocycles. The first-order valence-corrected chi connectivity index (χ1v) is 8.70. The molecule has 7 heteroatoms. The number of morpholine rings is 1. The third-order valence-corrected chi connectivity index (χ3v) is 4.48. The Bertz CT molecular complexity index is 476. The van der Waals surface area contributed by atoms with Crippen molar-refractivity contribution >= 4 is 11.9 Å². The van der Waals surface area contributed by atoms with Gasteiger partial charge < -0.3 is 14.4 Å². The van der Waals surface area contributed by atoms with Crippen LogP contribution in [-0.2, 0) is 19.1 Å². The van der Waals surface area contributed by atoms with E-state index in [9.17, 15) is 18.4 Å². The maximum atomic E-state index is 14.8. The average Bonchev–Trinajstić information content (AvgIpc) is 2.54. The van der Waals surface area contributed by atoms with E-state index in [2.05, 4.69) is 6.58 Å². The second-order valence-electron chi connectivity index (χ2n) is 6.74. The molecule has 1 fully saturated rings. The molecule has 0 N–H and O–H groups in total. The zero-order valence-electron chi connectivity index (χ0n) is 15.4. The fraction of sp³-hybridized carbons (Fsp3) is 0.778. The van der Waals surface area contributed by atoms with Crippen molar-refractivity contribution in [3.05, 3.63) is 12.2 Å². The zero-order valence-corrected chi connectivity index (χ0v) is 15.4. The van der Waals surface area contributed by atoms with Gasteiger partial charge in [-0.15, -0.1) is 0 Å². The zero-order chi connectivity index (χ0) is 19.0. The van der Waals surface area contributed by atoms with Crippen molar-refractivity contribution in [2.24, 2.45) is 11.8 Å². The van der Waals surface area contributed by atoms with Crippen molar-refractivity contribution in [2.75, 3.05) is 32.9 Å². The first-order valence-electron chi connectivity index (χ1n) is 8.70. The number of rotatable bonds is 9. The lowest BCUT2D eigenvalue weighted by Crippen LogP contribution is -2.51. The molecular weight excluding hydrogens is 332 g/mol. The van der Waals surface area contributed by atoms with Gasteiger partial charge in [-0.1, -0.05) is 19.1 Å². The lowest BCUT2D eigenvalue weighted by molar-refractivity contribution is -0.168. The van der Waals surface area contributed by atoms with Crippen LogP contribution < -0.4 is 0 Å². The molecule has 1 aliphatic rings. The molecule has 144 valence electrons. The van der Waals surface area contributed by atoms with Gasteiger partial charge in [0.1, 0.15) is 0 Å². The molecule has 0 bridgehead atoms. The Balaban J connectivity index is 2.62. The van der Waals surface area contributed by atoms with E-state index in [1.54, 1.807) is 0 Å². The molecule has 1 rings (SSSR count). The molecule has 0 aromatic heterocycles. The molecule has 2 unspecified atom stereocenters. The number of carbonyl (C=O) groups is 2.